The lowest BCUT2D eigenvalue weighted by atomic mass is 10.0. The van der Waals surface area contributed by atoms with Crippen molar-refractivity contribution in [1.82, 2.24) is 13.7 Å². The molecule has 254 valence electrons. The Hall–Kier alpha value is -7.86. The van der Waals surface area contributed by atoms with Crippen molar-refractivity contribution in [2.45, 2.75) is 0 Å². The summed E-state index contributed by atoms with van der Waals surface area (Å²) < 4.78 is 7.07. The van der Waals surface area contributed by atoms with E-state index in [1.807, 2.05) is 42.5 Å². The zero-order chi connectivity index (χ0) is 36.6. The minimum absolute atomic E-state index is 0.567. The Morgan fingerprint density at radius 2 is 0.836 bits per heavy atom. The standard InChI is InChI=1S/C50H29N5/c1-51-33-26-28-47-42(30-33)40-18-6-10-23-46(40)55(47)49-31-34(52-2)25-27-36(49)32-13-11-14-35(29-32)53-43-20-7-5-17-39(43)41-19-12-24-48(50(41)53)54-44-21-8-3-15-37(44)38-16-4-9-22-45(38)54/h3-31H. The van der Waals surface area contributed by atoms with Crippen LogP contribution in [0.2, 0.25) is 0 Å². The number of aromatic nitrogens is 3. The first-order chi connectivity index (χ1) is 27.2. The molecule has 5 heteroatoms. The van der Waals surface area contributed by atoms with Crippen LogP contribution in [-0.4, -0.2) is 13.7 Å². The molecule has 0 aliphatic heterocycles. The number of hydrogen-bond acceptors (Lipinski definition) is 0. The molecule has 8 aromatic carbocycles. The van der Waals surface area contributed by atoms with E-state index < -0.39 is 0 Å². The summed E-state index contributed by atoms with van der Waals surface area (Å²) in [5, 5.41) is 6.91. The molecular formula is C50H29N5. The second-order valence-corrected chi connectivity index (χ2v) is 13.9. The Bertz CT molecular complexity index is 3420. The highest BCUT2D eigenvalue weighted by Gasteiger charge is 2.21. The van der Waals surface area contributed by atoms with E-state index in [-0.39, 0.29) is 0 Å². The van der Waals surface area contributed by atoms with E-state index in [0.29, 0.717) is 11.4 Å². The van der Waals surface area contributed by atoms with Gasteiger partial charge in [-0.2, -0.15) is 0 Å². The summed E-state index contributed by atoms with van der Waals surface area (Å²) in [7, 11) is 0. The van der Waals surface area contributed by atoms with E-state index in [9.17, 15) is 0 Å². The van der Waals surface area contributed by atoms with Crippen LogP contribution in [0.3, 0.4) is 0 Å². The average Bonchev–Trinajstić information content (AvgIpc) is 3.89. The molecular weight excluding hydrogens is 671 g/mol. The number of fused-ring (bicyclic) bond motifs is 9. The van der Waals surface area contributed by atoms with Crippen LogP contribution in [0.4, 0.5) is 11.4 Å². The first-order valence-electron chi connectivity index (χ1n) is 18.3. The third-order valence-corrected chi connectivity index (χ3v) is 11.0. The summed E-state index contributed by atoms with van der Waals surface area (Å²) in [6, 6.07) is 61.6. The fourth-order valence-electron chi connectivity index (χ4n) is 8.75. The summed E-state index contributed by atoms with van der Waals surface area (Å²) in [6.45, 7) is 15.6. The maximum atomic E-state index is 7.96. The third kappa shape index (κ3) is 4.45. The third-order valence-electron chi connectivity index (χ3n) is 11.0. The van der Waals surface area contributed by atoms with Crippen LogP contribution in [0.15, 0.2) is 176 Å². The SMILES string of the molecule is [C-]#[N+]c1ccc(-c2cccc(-n3c4ccccc4c4cccc(-n5c6ccccc6c6ccccc65)c43)c2)c(-n2c3ccccc3c3cc([N+]#[C-])ccc32)c1. The molecule has 0 fully saturated rings. The van der Waals surface area contributed by atoms with E-state index in [2.05, 4.69) is 157 Å². The first kappa shape index (κ1) is 30.7. The summed E-state index contributed by atoms with van der Waals surface area (Å²) in [5.41, 5.74) is 12.9. The van der Waals surface area contributed by atoms with Gasteiger partial charge in [-0.3, -0.25) is 0 Å². The molecule has 0 aliphatic rings. The van der Waals surface area contributed by atoms with Gasteiger partial charge in [-0.25, -0.2) is 9.69 Å². The number of benzene rings is 8. The highest BCUT2D eigenvalue weighted by atomic mass is 15.1. The molecule has 0 unspecified atom stereocenters. The lowest BCUT2D eigenvalue weighted by Gasteiger charge is -2.17. The van der Waals surface area contributed by atoms with Gasteiger partial charge in [-0.15, -0.1) is 0 Å². The first-order valence-corrected chi connectivity index (χ1v) is 18.3. The minimum Gasteiger partial charge on any atom is -0.310 e. The summed E-state index contributed by atoms with van der Waals surface area (Å²) >= 11 is 0. The predicted molar refractivity (Wildman–Crippen MR) is 227 cm³/mol. The van der Waals surface area contributed by atoms with Crippen molar-refractivity contribution in [3.05, 3.63) is 199 Å². The van der Waals surface area contributed by atoms with Crippen molar-refractivity contribution in [2.24, 2.45) is 0 Å². The monoisotopic (exact) mass is 699 g/mol. The van der Waals surface area contributed by atoms with Gasteiger partial charge in [0.05, 0.1) is 51.9 Å². The van der Waals surface area contributed by atoms with Crippen LogP contribution in [0.5, 0.6) is 0 Å². The van der Waals surface area contributed by atoms with Crippen molar-refractivity contribution in [3.63, 3.8) is 0 Å². The molecule has 0 N–H and O–H groups in total. The number of rotatable bonds is 4. The second-order valence-electron chi connectivity index (χ2n) is 13.9. The molecule has 0 atom stereocenters. The largest absolute Gasteiger partial charge is 0.310 e. The van der Waals surface area contributed by atoms with Crippen molar-refractivity contribution >= 4 is 76.8 Å². The molecule has 55 heavy (non-hydrogen) atoms. The quantitative estimate of drug-likeness (QED) is 0.163. The predicted octanol–water partition coefficient (Wildman–Crippen LogP) is 13.7. The van der Waals surface area contributed by atoms with Crippen molar-refractivity contribution < 1.29 is 0 Å². The molecule has 11 rings (SSSR count). The Kier molecular flexibility index (Phi) is 6.61. The highest BCUT2D eigenvalue weighted by Crippen LogP contribution is 2.42. The van der Waals surface area contributed by atoms with Crippen LogP contribution >= 0.6 is 0 Å². The van der Waals surface area contributed by atoms with E-state index in [4.69, 9.17) is 13.1 Å². The topological polar surface area (TPSA) is 23.5 Å². The normalized spacial score (nSPS) is 11.6. The van der Waals surface area contributed by atoms with Gasteiger partial charge in [0.15, 0.2) is 11.4 Å². The molecule has 3 aromatic heterocycles. The van der Waals surface area contributed by atoms with E-state index in [1.165, 1.54) is 32.6 Å². The Balaban J connectivity index is 1.20. The molecule has 0 aliphatic carbocycles. The summed E-state index contributed by atoms with van der Waals surface area (Å²) in [5.74, 6) is 0. The zero-order valence-electron chi connectivity index (χ0n) is 29.5. The number of nitrogens with zero attached hydrogens (tertiary/aromatic N) is 5. The van der Waals surface area contributed by atoms with Crippen LogP contribution in [0, 0.1) is 13.1 Å². The lowest BCUT2D eigenvalue weighted by molar-refractivity contribution is 1.13. The van der Waals surface area contributed by atoms with Gasteiger partial charge in [0.1, 0.15) is 0 Å². The van der Waals surface area contributed by atoms with Gasteiger partial charge in [0.2, 0.25) is 0 Å². The van der Waals surface area contributed by atoms with Gasteiger partial charge in [0, 0.05) is 43.9 Å². The van der Waals surface area contributed by atoms with Crippen molar-refractivity contribution in [2.75, 3.05) is 0 Å². The van der Waals surface area contributed by atoms with Crippen molar-refractivity contribution in [1.29, 1.82) is 0 Å². The van der Waals surface area contributed by atoms with Gasteiger partial charge >= 0.3 is 0 Å². The van der Waals surface area contributed by atoms with Crippen LogP contribution in [0.25, 0.3) is 103 Å². The summed E-state index contributed by atoms with van der Waals surface area (Å²) in [4.78, 5) is 7.59. The van der Waals surface area contributed by atoms with Crippen LogP contribution < -0.4 is 0 Å². The van der Waals surface area contributed by atoms with Crippen LogP contribution in [-0.2, 0) is 0 Å². The number of para-hydroxylation sites is 5. The molecule has 0 saturated heterocycles. The number of hydrogen-bond donors (Lipinski definition) is 0. The zero-order valence-corrected chi connectivity index (χ0v) is 29.5. The van der Waals surface area contributed by atoms with E-state index in [0.717, 1.165) is 61.0 Å². The Labute approximate surface area is 316 Å². The highest BCUT2D eigenvalue weighted by molar-refractivity contribution is 6.15. The van der Waals surface area contributed by atoms with Crippen LogP contribution in [0.1, 0.15) is 0 Å². The van der Waals surface area contributed by atoms with Gasteiger partial charge < -0.3 is 13.7 Å². The fourth-order valence-corrected chi connectivity index (χ4v) is 8.75. The minimum atomic E-state index is 0.567. The average molecular weight is 700 g/mol. The second kappa shape index (κ2) is 11.8. The molecule has 0 spiro atoms. The fraction of sp³-hybridized carbons (Fsp3) is 0. The van der Waals surface area contributed by atoms with Gasteiger partial charge in [-0.1, -0.05) is 115 Å². The van der Waals surface area contributed by atoms with E-state index in [1.54, 1.807) is 0 Å². The maximum Gasteiger partial charge on any atom is 0.189 e. The molecule has 0 amide bonds. The molecule has 3 heterocycles. The van der Waals surface area contributed by atoms with Gasteiger partial charge in [0.25, 0.3) is 0 Å². The van der Waals surface area contributed by atoms with Gasteiger partial charge in [-0.05, 0) is 71.6 Å². The lowest BCUT2D eigenvalue weighted by Crippen LogP contribution is -2.01. The maximum absolute atomic E-state index is 7.96. The smallest absolute Gasteiger partial charge is 0.189 e. The molecule has 0 saturated carbocycles. The molecule has 0 bridgehead atoms. The van der Waals surface area contributed by atoms with Crippen molar-refractivity contribution in [3.8, 4) is 28.2 Å². The molecule has 11 aromatic rings. The molecule has 0 radical (unpaired) electrons. The summed E-state index contributed by atoms with van der Waals surface area (Å²) in [6.07, 6.45) is 0. The Morgan fingerprint density at radius 1 is 0.345 bits per heavy atom. The Morgan fingerprint density at radius 3 is 1.49 bits per heavy atom. The molecule has 5 nitrogen and oxygen atoms in total. The van der Waals surface area contributed by atoms with E-state index >= 15 is 0 Å².